The molecule has 0 bridgehead atoms. The summed E-state index contributed by atoms with van der Waals surface area (Å²) in [5.74, 6) is 0.621. The van der Waals surface area contributed by atoms with Crippen LogP contribution in [0.25, 0.3) is 0 Å². The summed E-state index contributed by atoms with van der Waals surface area (Å²) >= 11 is 0. The molecule has 2 N–H and O–H groups in total. The van der Waals surface area contributed by atoms with Gasteiger partial charge in [0.05, 0.1) is 19.1 Å². The predicted octanol–water partition coefficient (Wildman–Crippen LogP) is 3.72. The van der Waals surface area contributed by atoms with Gasteiger partial charge < -0.3 is 28.9 Å². The molecule has 1 unspecified atom stereocenters. The second kappa shape index (κ2) is 10.9. The van der Waals surface area contributed by atoms with Crippen molar-refractivity contribution in [2.75, 3.05) is 5.32 Å². The van der Waals surface area contributed by atoms with Gasteiger partial charge in [0.1, 0.15) is 17.3 Å². The van der Waals surface area contributed by atoms with E-state index >= 15 is 0 Å². The molecule has 3 aromatic rings. The number of rotatable bonds is 10. The van der Waals surface area contributed by atoms with Gasteiger partial charge in [-0.15, -0.1) is 0 Å². The van der Waals surface area contributed by atoms with Crippen molar-refractivity contribution in [3.63, 3.8) is 0 Å². The van der Waals surface area contributed by atoms with Crippen LogP contribution in [0.4, 0.5) is 5.82 Å². The van der Waals surface area contributed by atoms with Crippen LogP contribution in [0.1, 0.15) is 61.8 Å². The smallest absolute Gasteiger partial charge is 0.250 e. The lowest BCUT2D eigenvalue weighted by molar-refractivity contribution is -0.143. The van der Waals surface area contributed by atoms with Gasteiger partial charge in [0.25, 0.3) is 5.91 Å². The summed E-state index contributed by atoms with van der Waals surface area (Å²) in [5.41, 5.74) is 0. The van der Waals surface area contributed by atoms with Crippen LogP contribution >= 0.6 is 0 Å². The summed E-state index contributed by atoms with van der Waals surface area (Å²) in [4.78, 5) is 40.5. The first-order valence-electron chi connectivity index (χ1n) is 11.4. The molecule has 10 heteroatoms. The third-order valence-corrected chi connectivity index (χ3v) is 5.76. The van der Waals surface area contributed by atoms with Crippen molar-refractivity contribution in [1.82, 2.24) is 15.4 Å². The Bertz CT molecular complexity index is 1080. The first-order valence-corrected chi connectivity index (χ1v) is 11.4. The minimum Gasteiger partial charge on any atom is -0.467 e. The number of hydrogen-bond donors (Lipinski definition) is 2. The number of carbonyl (C=O) groups is 3. The van der Waals surface area contributed by atoms with Crippen LogP contribution in [0.2, 0.25) is 0 Å². The van der Waals surface area contributed by atoms with Crippen molar-refractivity contribution in [2.24, 2.45) is 0 Å². The third-order valence-electron chi connectivity index (χ3n) is 5.76. The Morgan fingerprint density at radius 3 is 2.53 bits per heavy atom. The SMILES string of the molecule is Cc1cc(NC(=O)CCC(=O)N(Cc2ccco2)C(C(=O)NC2CCCC2)c2ccco2)no1. The number of nitrogens with one attached hydrogen (secondary N) is 2. The molecule has 1 atom stereocenters. The maximum Gasteiger partial charge on any atom is 0.250 e. The van der Waals surface area contributed by atoms with Crippen molar-refractivity contribution >= 4 is 23.5 Å². The zero-order chi connectivity index (χ0) is 23.9. The highest BCUT2D eigenvalue weighted by atomic mass is 16.5. The average Bonchev–Trinajstić information content (AvgIpc) is 3.61. The van der Waals surface area contributed by atoms with Crippen molar-refractivity contribution in [3.05, 3.63) is 60.1 Å². The molecule has 0 radical (unpaired) electrons. The van der Waals surface area contributed by atoms with Gasteiger partial charge >= 0.3 is 0 Å². The number of carbonyl (C=O) groups excluding carboxylic acids is 3. The Balaban J connectivity index is 1.50. The van der Waals surface area contributed by atoms with Crippen LogP contribution in [0.5, 0.6) is 0 Å². The number of nitrogens with zero attached hydrogens (tertiary/aromatic N) is 2. The maximum atomic E-state index is 13.4. The molecule has 3 aromatic heterocycles. The summed E-state index contributed by atoms with van der Waals surface area (Å²) in [6.07, 6.45) is 6.71. The molecule has 4 rings (SSSR count). The number of hydrogen-bond acceptors (Lipinski definition) is 7. The van der Waals surface area contributed by atoms with E-state index in [0.717, 1.165) is 25.7 Å². The van der Waals surface area contributed by atoms with Gasteiger partial charge in [0, 0.05) is 24.9 Å². The summed E-state index contributed by atoms with van der Waals surface area (Å²) in [7, 11) is 0. The molecular formula is C24H28N4O6. The molecule has 180 valence electrons. The maximum absolute atomic E-state index is 13.4. The summed E-state index contributed by atoms with van der Waals surface area (Å²) in [6.45, 7) is 1.77. The van der Waals surface area contributed by atoms with Gasteiger partial charge in [-0.1, -0.05) is 18.0 Å². The molecule has 1 aliphatic carbocycles. The van der Waals surface area contributed by atoms with Crippen molar-refractivity contribution < 1.29 is 27.7 Å². The molecule has 0 aliphatic heterocycles. The standard InChI is InChI=1S/C24H28N4O6/c1-16-14-20(27-34-16)26-21(29)10-11-22(30)28(15-18-8-4-12-32-18)23(19-9-5-13-33-19)24(31)25-17-6-2-3-7-17/h4-5,8-9,12-14,17,23H,2-3,6-7,10-11,15H2,1H3,(H,25,31)(H,26,27,29). The zero-order valence-electron chi connectivity index (χ0n) is 19.0. The second-order valence-electron chi connectivity index (χ2n) is 8.38. The zero-order valence-corrected chi connectivity index (χ0v) is 19.0. The molecule has 1 fully saturated rings. The predicted molar refractivity (Wildman–Crippen MR) is 120 cm³/mol. The van der Waals surface area contributed by atoms with Gasteiger partial charge in [-0.25, -0.2) is 0 Å². The molecule has 0 saturated heterocycles. The molecule has 3 heterocycles. The lowest BCUT2D eigenvalue weighted by Gasteiger charge is -2.30. The van der Waals surface area contributed by atoms with E-state index in [1.165, 1.54) is 17.4 Å². The van der Waals surface area contributed by atoms with E-state index in [0.29, 0.717) is 17.3 Å². The molecule has 1 aliphatic rings. The highest BCUT2D eigenvalue weighted by molar-refractivity contribution is 5.93. The fourth-order valence-corrected chi connectivity index (χ4v) is 4.11. The van der Waals surface area contributed by atoms with Crippen LogP contribution in [0.3, 0.4) is 0 Å². The number of furan rings is 2. The van der Waals surface area contributed by atoms with E-state index in [9.17, 15) is 14.4 Å². The number of anilines is 1. The molecule has 1 saturated carbocycles. The Kier molecular flexibility index (Phi) is 7.46. The average molecular weight is 469 g/mol. The molecule has 0 aromatic carbocycles. The quantitative estimate of drug-likeness (QED) is 0.464. The van der Waals surface area contributed by atoms with Crippen LogP contribution < -0.4 is 10.6 Å². The highest BCUT2D eigenvalue weighted by Gasteiger charge is 2.35. The minimum atomic E-state index is -0.991. The van der Waals surface area contributed by atoms with Crippen molar-refractivity contribution in [1.29, 1.82) is 0 Å². The van der Waals surface area contributed by atoms with Crippen LogP contribution in [0, 0.1) is 6.92 Å². The molecule has 10 nitrogen and oxygen atoms in total. The fourth-order valence-electron chi connectivity index (χ4n) is 4.11. The summed E-state index contributed by atoms with van der Waals surface area (Å²) in [5, 5.41) is 9.38. The lowest BCUT2D eigenvalue weighted by Crippen LogP contribution is -2.45. The summed E-state index contributed by atoms with van der Waals surface area (Å²) in [6, 6.07) is 7.45. The van der Waals surface area contributed by atoms with Gasteiger partial charge in [-0.2, -0.15) is 0 Å². The number of aromatic nitrogens is 1. The fraction of sp³-hybridized carbons (Fsp3) is 0.417. The Morgan fingerprint density at radius 2 is 1.88 bits per heavy atom. The van der Waals surface area contributed by atoms with Crippen LogP contribution in [0.15, 0.2) is 56.2 Å². The Morgan fingerprint density at radius 1 is 1.12 bits per heavy atom. The number of amides is 3. The first-order chi connectivity index (χ1) is 16.5. The third kappa shape index (κ3) is 5.94. The van der Waals surface area contributed by atoms with E-state index in [1.807, 2.05) is 0 Å². The Labute approximate surface area is 196 Å². The van der Waals surface area contributed by atoms with Crippen LogP contribution in [-0.4, -0.2) is 33.8 Å². The molecule has 3 amide bonds. The highest BCUT2D eigenvalue weighted by Crippen LogP contribution is 2.27. The molecule has 34 heavy (non-hydrogen) atoms. The molecular weight excluding hydrogens is 440 g/mol. The normalized spacial score (nSPS) is 14.6. The van der Waals surface area contributed by atoms with Crippen molar-refractivity contribution in [3.8, 4) is 0 Å². The van der Waals surface area contributed by atoms with Gasteiger partial charge in [0.2, 0.25) is 11.8 Å². The first kappa shape index (κ1) is 23.3. The minimum absolute atomic E-state index is 0.0549. The summed E-state index contributed by atoms with van der Waals surface area (Å²) < 4.78 is 15.9. The lowest BCUT2D eigenvalue weighted by atomic mass is 10.1. The van der Waals surface area contributed by atoms with E-state index in [-0.39, 0.29) is 49.0 Å². The molecule has 0 spiro atoms. The topological polar surface area (TPSA) is 131 Å². The van der Waals surface area contributed by atoms with Crippen molar-refractivity contribution in [2.45, 2.75) is 64.1 Å². The van der Waals surface area contributed by atoms with Gasteiger partial charge in [-0.3, -0.25) is 14.4 Å². The number of aryl methyl sites for hydroxylation is 1. The largest absolute Gasteiger partial charge is 0.467 e. The van der Waals surface area contributed by atoms with Gasteiger partial charge in [0.15, 0.2) is 11.9 Å². The van der Waals surface area contributed by atoms with Crippen LogP contribution in [-0.2, 0) is 20.9 Å². The Hall–Kier alpha value is -3.82. The van der Waals surface area contributed by atoms with E-state index in [2.05, 4.69) is 15.8 Å². The monoisotopic (exact) mass is 468 g/mol. The van der Waals surface area contributed by atoms with E-state index < -0.39 is 6.04 Å². The second-order valence-corrected chi connectivity index (χ2v) is 8.38. The van der Waals surface area contributed by atoms with E-state index in [1.54, 1.807) is 37.3 Å². The van der Waals surface area contributed by atoms with Gasteiger partial charge in [-0.05, 0) is 44.0 Å². The van der Waals surface area contributed by atoms with E-state index in [4.69, 9.17) is 13.4 Å².